The van der Waals surface area contributed by atoms with Gasteiger partial charge in [-0.05, 0) is 68.2 Å². The third kappa shape index (κ3) is 3.17. The summed E-state index contributed by atoms with van der Waals surface area (Å²) < 4.78 is 27.8. The molecule has 3 N–H and O–H groups in total. The predicted molar refractivity (Wildman–Crippen MR) is 83.7 cm³/mol. The second-order valence-electron chi connectivity index (χ2n) is 6.36. The molecule has 1 saturated carbocycles. The van der Waals surface area contributed by atoms with Crippen LogP contribution in [0, 0.1) is 5.92 Å². The zero-order valence-corrected chi connectivity index (χ0v) is 13.4. The largest absolute Gasteiger partial charge is 0.369 e. The maximum absolute atomic E-state index is 12.5. The summed E-state index contributed by atoms with van der Waals surface area (Å²) in [7, 11) is -3.49. The fourth-order valence-electron chi connectivity index (χ4n) is 3.50. The summed E-state index contributed by atoms with van der Waals surface area (Å²) in [5, 5.41) is 0. The Labute approximate surface area is 131 Å². The monoisotopic (exact) mass is 322 g/mol. The highest BCUT2D eigenvalue weighted by Crippen LogP contribution is 2.27. The standard InChI is InChI=1S/C16H22N2O3S/c17-16(19)12-4-7-14(8-5-12)18-22(20,21)15-9-6-11-2-1-3-13(11)10-15/h6,9-10,12,14,18H,1-5,7-8H2,(H2,17,19). The number of hydrogen-bond acceptors (Lipinski definition) is 3. The van der Waals surface area contributed by atoms with Gasteiger partial charge in [-0.25, -0.2) is 13.1 Å². The number of aryl methyl sites for hydroxylation is 2. The lowest BCUT2D eigenvalue weighted by molar-refractivity contribution is -0.122. The summed E-state index contributed by atoms with van der Waals surface area (Å²) in [5.41, 5.74) is 7.72. The first-order valence-electron chi connectivity index (χ1n) is 7.89. The van der Waals surface area contributed by atoms with Crippen molar-refractivity contribution in [1.82, 2.24) is 4.72 Å². The number of nitrogens with two attached hydrogens (primary N) is 1. The number of hydrogen-bond donors (Lipinski definition) is 2. The van der Waals surface area contributed by atoms with Crippen LogP contribution in [-0.4, -0.2) is 20.4 Å². The van der Waals surface area contributed by atoms with Gasteiger partial charge in [0.05, 0.1) is 4.90 Å². The number of sulfonamides is 1. The minimum Gasteiger partial charge on any atom is -0.369 e. The Hall–Kier alpha value is -1.40. The zero-order chi connectivity index (χ0) is 15.7. The number of carbonyl (C=O) groups is 1. The second-order valence-corrected chi connectivity index (χ2v) is 8.07. The third-order valence-corrected chi connectivity index (χ3v) is 6.35. The number of nitrogens with one attached hydrogen (secondary N) is 1. The van der Waals surface area contributed by atoms with Gasteiger partial charge in [-0.2, -0.15) is 0 Å². The van der Waals surface area contributed by atoms with Crippen molar-refractivity contribution in [2.75, 3.05) is 0 Å². The Balaban J connectivity index is 1.68. The van der Waals surface area contributed by atoms with Crippen LogP contribution in [0.2, 0.25) is 0 Å². The van der Waals surface area contributed by atoms with Gasteiger partial charge >= 0.3 is 0 Å². The zero-order valence-electron chi connectivity index (χ0n) is 12.5. The molecule has 0 bridgehead atoms. The normalized spacial score (nSPS) is 24.9. The Kier molecular flexibility index (Phi) is 4.23. The van der Waals surface area contributed by atoms with Crippen molar-refractivity contribution in [3.05, 3.63) is 29.3 Å². The van der Waals surface area contributed by atoms with Crippen molar-refractivity contribution in [3.8, 4) is 0 Å². The highest BCUT2D eigenvalue weighted by Gasteiger charge is 2.28. The fraction of sp³-hybridized carbons (Fsp3) is 0.562. The summed E-state index contributed by atoms with van der Waals surface area (Å²) in [4.78, 5) is 11.5. The van der Waals surface area contributed by atoms with E-state index in [0.29, 0.717) is 30.6 Å². The number of primary amides is 1. The molecule has 3 rings (SSSR count). The summed E-state index contributed by atoms with van der Waals surface area (Å²) >= 11 is 0. The SMILES string of the molecule is NC(=O)C1CCC(NS(=O)(=O)c2ccc3c(c2)CCC3)CC1. The van der Waals surface area contributed by atoms with Crippen molar-refractivity contribution in [3.63, 3.8) is 0 Å². The number of rotatable bonds is 4. The highest BCUT2D eigenvalue weighted by atomic mass is 32.2. The lowest BCUT2D eigenvalue weighted by Gasteiger charge is -2.27. The summed E-state index contributed by atoms with van der Waals surface area (Å²) in [5.74, 6) is -0.388. The molecular formula is C16H22N2O3S. The molecule has 1 fully saturated rings. The molecule has 1 aromatic rings. The molecule has 0 heterocycles. The van der Waals surface area contributed by atoms with Crippen molar-refractivity contribution in [1.29, 1.82) is 0 Å². The molecule has 1 aromatic carbocycles. The van der Waals surface area contributed by atoms with E-state index in [0.717, 1.165) is 24.8 Å². The van der Waals surface area contributed by atoms with Gasteiger partial charge in [-0.1, -0.05) is 6.07 Å². The van der Waals surface area contributed by atoms with E-state index in [1.807, 2.05) is 6.07 Å². The van der Waals surface area contributed by atoms with E-state index in [2.05, 4.69) is 4.72 Å². The molecule has 0 saturated heterocycles. The number of benzene rings is 1. The summed E-state index contributed by atoms with van der Waals surface area (Å²) in [6, 6.07) is 5.33. The first kappa shape index (κ1) is 15.5. The van der Waals surface area contributed by atoms with Gasteiger partial charge in [0.25, 0.3) is 0 Å². The Morgan fingerprint density at radius 2 is 1.77 bits per heavy atom. The van der Waals surface area contributed by atoms with Crippen LogP contribution in [0.1, 0.15) is 43.2 Å². The summed E-state index contributed by atoms with van der Waals surface area (Å²) in [6.07, 6.45) is 5.75. The van der Waals surface area contributed by atoms with Gasteiger partial charge < -0.3 is 5.73 Å². The molecular weight excluding hydrogens is 300 g/mol. The first-order chi connectivity index (χ1) is 10.5. The molecule has 5 nitrogen and oxygen atoms in total. The van der Waals surface area contributed by atoms with Crippen LogP contribution < -0.4 is 10.5 Å². The maximum Gasteiger partial charge on any atom is 0.240 e. The molecule has 0 aromatic heterocycles. The van der Waals surface area contributed by atoms with Crippen LogP contribution >= 0.6 is 0 Å². The highest BCUT2D eigenvalue weighted by molar-refractivity contribution is 7.89. The topological polar surface area (TPSA) is 89.3 Å². The minimum atomic E-state index is -3.49. The minimum absolute atomic E-state index is 0.103. The van der Waals surface area contributed by atoms with Crippen molar-refractivity contribution in [2.24, 2.45) is 11.7 Å². The van der Waals surface area contributed by atoms with Crippen molar-refractivity contribution < 1.29 is 13.2 Å². The van der Waals surface area contributed by atoms with Gasteiger partial charge in [0.1, 0.15) is 0 Å². The molecule has 22 heavy (non-hydrogen) atoms. The third-order valence-electron chi connectivity index (χ3n) is 4.83. The molecule has 0 spiro atoms. The molecule has 0 radical (unpaired) electrons. The lowest BCUT2D eigenvalue weighted by Crippen LogP contribution is -2.39. The lowest BCUT2D eigenvalue weighted by atomic mass is 9.86. The number of carbonyl (C=O) groups excluding carboxylic acids is 1. The van der Waals surface area contributed by atoms with Crippen molar-refractivity contribution in [2.45, 2.75) is 55.9 Å². The smallest absolute Gasteiger partial charge is 0.240 e. The van der Waals surface area contributed by atoms with Gasteiger partial charge in [0.15, 0.2) is 0 Å². The molecule has 120 valence electrons. The van der Waals surface area contributed by atoms with E-state index >= 15 is 0 Å². The van der Waals surface area contributed by atoms with E-state index in [1.54, 1.807) is 12.1 Å². The quantitative estimate of drug-likeness (QED) is 0.880. The van der Waals surface area contributed by atoms with Crippen LogP contribution in [-0.2, 0) is 27.7 Å². The maximum atomic E-state index is 12.5. The average Bonchev–Trinajstić information content (AvgIpc) is 2.94. The van der Waals surface area contributed by atoms with E-state index in [4.69, 9.17) is 5.73 Å². The van der Waals surface area contributed by atoms with E-state index in [9.17, 15) is 13.2 Å². The van der Waals surface area contributed by atoms with Crippen LogP contribution in [0.15, 0.2) is 23.1 Å². The predicted octanol–water partition coefficient (Wildman–Crippen LogP) is 1.50. The molecule has 0 aliphatic heterocycles. The van der Waals surface area contributed by atoms with Gasteiger partial charge in [0.2, 0.25) is 15.9 Å². The van der Waals surface area contributed by atoms with Gasteiger partial charge in [0, 0.05) is 12.0 Å². The number of fused-ring (bicyclic) bond motifs is 1. The second kappa shape index (κ2) is 6.01. The molecule has 6 heteroatoms. The van der Waals surface area contributed by atoms with E-state index in [1.165, 1.54) is 5.56 Å². The molecule has 0 atom stereocenters. The van der Waals surface area contributed by atoms with Crippen LogP contribution in [0.5, 0.6) is 0 Å². The van der Waals surface area contributed by atoms with Crippen LogP contribution in [0.3, 0.4) is 0 Å². The Morgan fingerprint density at radius 1 is 1.09 bits per heavy atom. The van der Waals surface area contributed by atoms with Crippen molar-refractivity contribution >= 4 is 15.9 Å². The Morgan fingerprint density at radius 3 is 2.45 bits per heavy atom. The number of amides is 1. The van der Waals surface area contributed by atoms with Crippen LogP contribution in [0.4, 0.5) is 0 Å². The fourth-order valence-corrected chi connectivity index (χ4v) is 4.85. The van der Waals surface area contributed by atoms with Gasteiger partial charge in [-0.3, -0.25) is 4.79 Å². The molecule has 2 aliphatic rings. The Bertz CT molecular complexity index is 677. The summed E-state index contributed by atoms with van der Waals surface area (Å²) in [6.45, 7) is 0. The molecule has 2 aliphatic carbocycles. The van der Waals surface area contributed by atoms with E-state index < -0.39 is 10.0 Å². The molecule has 0 unspecified atom stereocenters. The average molecular weight is 322 g/mol. The molecule has 1 amide bonds. The van der Waals surface area contributed by atoms with E-state index in [-0.39, 0.29) is 17.9 Å². The van der Waals surface area contributed by atoms with Gasteiger partial charge in [-0.15, -0.1) is 0 Å². The first-order valence-corrected chi connectivity index (χ1v) is 9.37. The van der Waals surface area contributed by atoms with Crippen LogP contribution in [0.25, 0.3) is 0 Å².